The normalized spacial score (nSPS) is 10.9. The Morgan fingerprint density at radius 1 is 1.35 bits per heavy atom. The first-order chi connectivity index (χ1) is 8.24. The zero-order valence-electron chi connectivity index (χ0n) is 9.38. The minimum absolute atomic E-state index is 0.608. The van der Waals surface area contributed by atoms with Crippen molar-refractivity contribution in [3.05, 3.63) is 30.0 Å². The molecule has 1 N–H and O–H groups in total. The maximum atomic E-state index is 4.99. The molecule has 7 heteroatoms. The van der Waals surface area contributed by atoms with E-state index in [4.69, 9.17) is 4.52 Å². The summed E-state index contributed by atoms with van der Waals surface area (Å²) in [4.78, 5) is 4.22. The van der Waals surface area contributed by atoms with Crippen LogP contribution in [0.15, 0.2) is 23.1 Å². The molecule has 3 heterocycles. The lowest BCUT2D eigenvalue weighted by Crippen LogP contribution is -1.94. The van der Waals surface area contributed by atoms with E-state index < -0.39 is 0 Å². The monoisotopic (exact) mass is 230 g/mol. The summed E-state index contributed by atoms with van der Waals surface area (Å²) < 4.78 is 6.55. The van der Waals surface area contributed by atoms with Gasteiger partial charge in [0.05, 0.1) is 11.8 Å². The molecule has 0 fully saturated rings. The molecule has 0 saturated heterocycles. The van der Waals surface area contributed by atoms with Crippen molar-refractivity contribution < 1.29 is 4.52 Å². The number of aromatic nitrogens is 6. The van der Waals surface area contributed by atoms with Crippen molar-refractivity contribution >= 4 is 0 Å². The third-order valence-electron chi connectivity index (χ3n) is 2.41. The van der Waals surface area contributed by atoms with E-state index in [0.29, 0.717) is 11.6 Å². The zero-order chi connectivity index (χ0) is 11.8. The Kier molecular flexibility index (Phi) is 2.04. The van der Waals surface area contributed by atoms with Gasteiger partial charge in [-0.3, -0.25) is 5.10 Å². The van der Waals surface area contributed by atoms with Gasteiger partial charge in [0.2, 0.25) is 0 Å². The van der Waals surface area contributed by atoms with Crippen LogP contribution in [0.5, 0.6) is 0 Å². The van der Waals surface area contributed by atoms with Crippen LogP contribution in [-0.4, -0.2) is 30.1 Å². The highest BCUT2D eigenvalue weighted by molar-refractivity contribution is 5.55. The zero-order valence-corrected chi connectivity index (χ0v) is 9.38. The summed E-state index contributed by atoms with van der Waals surface area (Å²) in [5.74, 6) is 1.95. The van der Waals surface area contributed by atoms with E-state index in [1.54, 1.807) is 23.3 Å². The van der Waals surface area contributed by atoms with Gasteiger partial charge in [-0.05, 0) is 13.8 Å². The highest BCUT2D eigenvalue weighted by Gasteiger charge is 2.11. The topological polar surface area (TPSA) is 85.4 Å². The van der Waals surface area contributed by atoms with Crippen molar-refractivity contribution in [2.45, 2.75) is 13.8 Å². The van der Waals surface area contributed by atoms with Gasteiger partial charge in [-0.25, -0.2) is 4.98 Å². The Balaban J connectivity index is 2.01. The number of aromatic amines is 1. The van der Waals surface area contributed by atoms with Crippen LogP contribution in [0.4, 0.5) is 0 Å². The van der Waals surface area contributed by atoms with Gasteiger partial charge in [0.25, 0.3) is 0 Å². The maximum absolute atomic E-state index is 4.99. The maximum Gasteiger partial charge on any atom is 0.198 e. The van der Waals surface area contributed by atoms with Gasteiger partial charge in [-0.1, -0.05) is 5.16 Å². The predicted molar refractivity (Wildman–Crippen MR) is 58.5 cm³/mol. The second-order valence-electron chi connectivity index (χ2n) is 3.72. The largest absolute Gasteiger partial charge is 0.359 e. The second-order valence-corrected chi connectivity index (χ2v) is 3.72. The molecular weight excluding hydrogens is 220 g/mol. The van der Waals surface area contributed by atoms with Gasteiger partial charge in [-0.15, -0.1) is 5.10 Å². The minimum atomic E-state index is 0.608. The van der Waals surface area contributed by atoms with Crippen molar-refractivity contribution in [2.75, 3.05) is 0 Å². The van der Waals surface area contributed by atoms with E-state index in [-0.39, 0.29) is 0 Å². The predicted octanol–water partition coefficient (Wildman–Crippen LogP) is 1.26. The molecule has 17 heavy (non-hydrogen) atoms. The number of H-pyrrole nitrogens is 1. The molecule has 86 valence electrons. The summed E-state index contributed by atoms with van der Waals surface area (Å²) in [5, 5.41) is 15.0. The van der Waals surface area contributed by atoms with E-state index in [9.17, 15) is 0 Å². The first-order valence-corrected chi connectivity index (χ1v) is 5.10. The molecule has 0 aliphatic rings. The van der Waals surface area contributed by atoms with E-state index in [2.05, 4.69) is 25.4 Å². The summed E-state index contributed by atoms with van der Waals surface area (Å²) >= 11 is 0. The van der Waals surface area contributed by atoms with Gasteiger partial charge < -0.3 is 4.52 Å². The first kappa shape index (κ1) is 9.76. The molecule has 0 unspecified atom stereocenters. The Morgan fingerprint density at radius 3 is 2.88 bits per heavy atom. The van der Waals surface area contributed by atoms with Gasteiger partial charge in [0.15, 0.2) is 11.6 Å². The Hall–Kier alpha value is -2.44. The van der Waals surface area contributed by atoms with E-state index in [1.165, 1.54) is 0 Å². The molecule has 3 rings (SSSR count). The number of nitrogens with zero attached hydrogens (tertiary/aromatic N) is 5. The Morgan fingerprint density at radius 2 is 2.24 bits per heavy atom. The van der Waals surface area contributed by atoms with Crippen LogP contribution in [0.3, 0.4) is 0 Å². The van der Waals surface area contributed by atoms with Crippen LogP contribution in [0.1, 0.15) is 11.5 Å². The lowest BCUT2D eigenvalue weighted by atomic mass is 10.2. The number of hydrogen-bond acceptors (Lipinski definition) is 5. The summed E-state index contributed by atoms with van der Waals surface area (Å²) in [6.45, 7) is 3.75. The Labute approximate surface area is 96.5 Å². The fraction of sp³-hybridized carbons (Fsp3) is 0.200. The van der Waals surface area contributed by atoms with Crippen LogP contribution in [0.2, 0.25) is 0 Å². The molecule has 0 aliphatic heterocycles. The van der Waals surface area contributed by atoms with Crippen LogP contribution in [0, 0.1) is 13.8 Å². The fourth-order valence-electron chi connectivity index (χ4n) is 1.53. The number of aryl methyl sites for hydroxylation is 2. The van der Waals surface area contributed by atoms with Gasteiger partial charge in [0.1, 0.15) is 12.1 Å². The van der Waals surface area contributed by atoms with Crippen molar-refractivity contribution in [1.29, 1.82) is 0 Å². The standard InChI is InChI=1S/C10H10N6O/c1-6-3-9(15-17-6)16-5-11-10(14-16)8-4-12-13-7(8)2/h3-5H,1-2H3,(H,12,13). The van der Waals surface area contributed by atoms with Crippen molar-refractivity contribution in [1.82, 2.24) is 30.1 Å². The minimum Gasteiger partial charge on any atom is -0.359 e. The number of rotatable bonds is 2. The molecule has 3 aromatic rings. The molecule has 0 amide bonds. The summed E-state index contributed by atoms with van der Waals surface area (Å²) in [6, 6.07) is 1.79. The summed E-state index contributed by atoms with van der Waals surface area (Å²) in [6.07, 6.45) is 3.29. The van der Waals surface area contributed by atoms with E-state index in [0.717, 1.165) is 17.0 Å². The van der Waals surface area contributed by atoms with E-state index in [1.807, 2.05) is 13.8 Å². The van der Waals surface area contributed by atoms with Crippen LogP contribution in [-0.2, 0) is 0 Å². The number of hydrogen-bond donors (Lipinski definition) is 1. The molecule has 0 atom stereocenters. The molecule has 0 aliphatic carbocycles. The molecule has 0 spiro atoms. The summed E-state index contributed by atoms with van der Waals surface area (Å²) in [7, 11) is 0. The lowest BCUT2D eigenvalue weighted by molar-refractivity contribution is 0.393. The highest BCUT2D eigenvalue weighted by Crippen LogP contribution is 2.17. The third-order valence-corrected chi connectivity index (χ3v) is 2.41. The van der Waals surface area contributed by atoms with Gasteiger partial charge >= 0.3 is 0 Å². The fourth-order valence-corrected chi connectivity index (χ4v) is 1.53. The van der Waals surface area contributed by atoms with Crippen molar-refractivity contribution in [3.8, 4) is 17.2 Å². The van der Waals surface area contributed by atoms with Crippen LogP contribution >= 0.6 is 0 Å². The average Bonchev–Trinajstić information content (AvgIpc) is 2.97. The molecule has 7 nitrogen and oxygen atoms in total. The molecule has 0 saturated carbocycles. The smallest absolute Gasteiger partial charge is 0.198 e. The quantitative estimate of drug-likeness (QED) is 0.716. The lowest BCUT2D eigenvalue weighted by Gasteiger charge is -1.91. The number of nitrogens with one attached hydrogen (secondary N) is 1. The van der Waals surface area contributed by atoms with Gasteiger partial charge in [-0.2, -0.15) is 9.78 Å². The molecule has 0 aromatic carbocycles. The first-order valence-electron chi connectivity index (χ1n) is 5.10. The molecule has 3 aromatic heterocycles. The third kappa shape index (κ3) is 1.61. The molecular formula is C10H10N6O. The van der Waals surface area contributed by atoms with Crippen LogP contribution < -0.4 is 0 Å². The molecule has 0 radical (unpaired) electrons. The SMILES string of the molecule is Cc1cc(-n2cnc(-c3cn[nH]c3C)n2)no1. The highest BCUT2D eigenvalue weighted by atomic mass is 16.5. The van der Waals surface area contributed by atoms with Crippen LogP contribution in [0.25, 0.3) is 17.2 Å². The Bertz CT molecular complexity index is 649. The second kappa shape index (κ2) is 3.55. The van der Waals surface area contributed by atoms with E-state index >= 15 is 0 Å². The van der Waals surface area contributed by atoms with Crippen molar-refractivity contribution in [3.63, 3.8) is 0 Å². The van der Waals surface area contributed by atoms with Crippen molar-refractivity contribution in [2.24, 2.45) is 0 Å². The summed E-state index contributed by atoms with van der Waals surface area (Å²) in [5.41, 5.74) is 1.81. The molecule has 0 bridgehead atoms. The van der Waals surface area contributed by atoms with Gasteiger partial charge in [0, 0.05) is 11.8 Å². The average molecular weight is 230 g/mol.